The molecular formula is C23H26N4O2. The Balaban J connectivity index is 1.44. The topological polar surface area (TPSA) is 76.9 Å². The molecule has 1 N–H and O–H groups in total. The smallest absolute Gasteiger partial charge is 0.224 e. The SMILES string of the molecule is CCCCc1ccc(C(=O)CCC(=O)Nc2ccc(Cn3cncn3)cc2)cc1. The number of carbonyl (C=O) groups excluding carboxylic acids is 2. The second-order valence-corrected chi connectivity index (χ2v) is 7.06. The average molecular weight is 390 g/mol. The average Bonchev–Trinajstić information content (AvgIpc) is 3.25. The number of Topliss-reactive ketones (excluding diaryl/α,β-unsaturated/α-hetero) is 1. The number of aryl methyl sites for hydroxylation is 1. The Kier molecular flexibility index (Phi) is 7.28. The maximum Gasteiger partial charge on any atom is 0.224 e. The minimum Gasteiger partial charge on any atom is -0.326 e. The first-order chi connectivity index (χ1) is 14.1. The lowest BCUT2D eigenvalue weighted by Gasteiger charge is -2.07. The minimum absolute atomic E-state index is 0.00892. The van der Waals surface area contributed by atoms with E-state index in [2.05, 4.69) is 22.3 Å². The van der Waals surface area contributed by atoms with Crippen LogP contribution in [0.25, 0.3) is 0 Å². The summed E-state index contributed by atoms with van der Waals surface area (Å²) in [4.78, 5) is 28.4. The zero-order valence-corrected chi connectivity index (χ0v) is 16.7. The molecule has 1 heterocycles. The van der Waals surface area contributed by atoms with Gasteiger partial charge in [-0.2, -0.15) is 5.10 Å². The molecule has 3 aromatic rings. The molecule has 2 aromatic carbocycles. The van der Waals surface area contributed by atoms with Gasteiger partial charge in [0.1, 0.15) is 12.7 Å². The third kappa shape index (κ3) is 6.38. The molecule has 0 saturated carbocycles. The molecular weight excluding hydrogens is 364 g/mol. The molecule has 150 valence electrons. The number of aromatic nitrogens is 3. The number of amides is 1. The van der Waals surface area contributed by atoms with E-state index in [1.54, 1.807) is 11.0 Å². The lowest BCUT2D eigenvalue weighted by molar-refractivity contribution is -0.116. The van der Waals surface area contributed by atoms with Gasteiger partial charge >= 0.3 is 0 Å². The van der Waals surface area contributed by atoms with Crippen LogP contribution in [0.3, 0.4) is 0 Å². The Morgan fingerprint density at radius 1 is 0.966 bits per heavy atom. The van der Waals surface area contributed by atoms with Crippen LogP contribution in [0.4, 0.5) is 5.69 Å². The van der Waals surface area contributed by atoms with Gasteiger partial charge in [0.2, 0.25) is 5.91 Å². The first-order valence-corrected chi connectivity index (χ1v) is 9.97. The van der Waals surface area contributed by atoms with Crippen LogP contribution in [0.15, 0.2) is 61.2 Å². The van der Waals surface area contributed by atoms with Gasteiger partial charge in [-0.1, -0.05) is 49.7 Å². The molecule has 1 aromatic heterocycles. The number of ketones is 1. The first kappa shape index (κ1) is 20.5. The van der Waals surface area contributed by atoms with E-state index in [1.807, 2.05) is 48.5 Å². The summed E-state index contributed by atoms with van der Waals surface area (Å²) in [7, 11) is 0. The highest BCUT2D eigenvalue weighted by atomic mass is 16.2. The van der Waals surface area contributed by atoms with E-state index in [-0.39, 0.29) is 24.5 Å². The van der Waals surface area contributed by atoms with Crippen molar-refractivity contribution in [2.24, 2.45) is 0 Å². The van der Waals surface area contributed by atoms with Crippen LogP contribution in [0.2, 0.25) is 0 Å². The highest BCUT2D eigenvalue weighted by molar-refractivity contribution is 6.00. The van der Waals surface area contributed by atoms with Crippen molar-refractivity contribution in [3.63, 3.8) is 0 Å². The van der Waals surface area contributed by atoms with E-state index in [0.29, 0.717) is 17.8 Å². The van der Waals surface area contributed by atoms with Crippen molar-refractivity contribution in [2.45, 2.75) is 45.6 Å². The second-order valence-electron chi connectivity index (χ2n) is 7.06. The van der Waals surface area contributed by atoms with Crippen molar-refractivity contribution in [2.75, 3.05) is 5.32 Å². The predicted molar refractivity (Wildman–Crippen MR) is 113 cm³/mol. The van der Waals surface area contributed by atoms with E-state index >= 15 is 0 Å². The summed E-state index contributed by atoms with van der Waals surface area (Å²) in [5, 5.41) is 6.91. The van der Waals surface area contributed by atoms with Crippen molar-refractivity contribution >= 4 is 17.4 Å². The van der Waals surface area contributed by atoms with Crippen LogP contribution >= 0.6 is 0 Å². The number of hydrogen-bond acceptors (Lipinski definition) is 4. The Bertz CT molecular complexity index is 917. The number of nitrogens with one attached hydrogen (secondary N) is 1. The number of carbonyl (C=O) groups is 2. The van der Waals surface area contributed by atoms with Crippen LogP contribution in [-0.4, -0.2) is 26.5 Å². The van der Waals surface area contributed by atoms with E-state index in [4.69, 9.17) is 0 Å². The molecule has 0 unspecified atom stereocenters. The maximum atomic E-state index is 12.3. The van der Waals surface area contributed by atoms with Gasteiger partial charge in [0.15, 0.2) is 5.78 Å². The number of nitrogens with zero attached hydrogens (tertiary/aromatic N) is 3. The van der Waals surface area contributed by atoms with Crippen LogP contribution in [0.5, 0.6) is 0 Å². The predicted octanol–water partition coefficient (Wildman–Crippen LogP) is 4.27. The second kappa shape index (κ2) is 10.3. The molecule has 0 fully saturated rings. The van der Waals surface area contributed by atoms with Crippen molar-refractivity contribution in [3.8, 4) is 0 Å². The lowest BCUT2D eigenvalue weighted by atomic mass is 10.0. The summed E-state index contributed by atoms with van der Waals surface area (Å²) >= 11 is 0. The van der Waals surface area contributed by atoms with Gasteiger partial charge in [-0.25, -0.2) is 9.67 Å². The summed E-state index contributed by atoms with van der Waals surface area (Å²) < 4.78 is 1.73. The van der Waals surface area contributed by atoms with Gasteiger partial charge in [-0.3, -0.25) is 9.59 Å². The molecule has 0 bridgehead atoms. The number of unbranched alkanes of at least 4 members (excludes halogenated alkanes) is 1. The van der Waals surface area contributed by atoms with E-state index < -0.39 is 0 Å². The highest BCUT2D eigenvalue weighted by Crippen LogP contribution is 2.13. The number of hydrogen-bond donors (Lipinski definition) is 1. The fourth-order valence-corrected chi connectivity index (χ4v) is 3.03. The van der Waals surface area contributed by atoms with Crippen molar-refractivity contribution < 1.29 is 9.59 Å². The molecule has 0 aliphatic rings. The van der Waals surface area contributed by atoms with Crippen LogP contribution < -0.4 is 5.32 Å². The quantitative estimate of drug-likeness (QED) is 0.525. The largest absolute Gasteiger partial charge is 0.326 e. The summed E-state index contributed by atoms with van der Waals surface area (Å²) in [5.74, 6) is -0.174. The summed E-state index contributed by atoms with van der Waals surface area (Å²) in [6.07, 6.45) is 6.85. The monoisotopic (exact) mass is 390 g/mol. The van der Waals surface area contributed by atoms with E-state index in [1.165, 1.54) is 11.9 Å². The zero-order chi connectivity index (χ0) is 20.5. The molecule has 0 spiro atoms. The molecule has 1 amide bonds. The summed E-state index contributed by atoms with van der Waals surface area (Å²) in [6.45, 7) is 2.79. The van der Waals surface area contributed by atoms with Crippen molar-refractivity contribution in [3.05, 3.63) is 77.9 Å². The van der Waals surface area contributed by atoms with Crippen LogP contribution in [-0.2, 0) is 17.8 Å². The molecule has 0 radical (unpaired) electrons. The van der Waals surface area contributed by atoms with Gasteiger partial charge in [0.05, 0.1) is 6.54 Å². The fraction of sp³-hybridized carbons (Fsp3) is 0.304. The van der Waals surface area contributed by atoms with Gasteiger partial charge in [0, 0.05) is 24.1 Å². The Hall–Kier alpha value is -3.28. The highest BCUT2D eigenvalue weighted by Gasteiger charge is 2.10. The maximum absolute atomic E-state index is 12.3. The normalized spacial score (nSPS) is 10.7. The zero-order valence-electron chi connectivity index (χ0n) is 16.7. The number of benzene rings is 2. The third-order valence-electron chi connectivity index (χ3n) is 4.72. The van der Waals surface area contributed by atoms with Gasteiger partial charge in [0.25, 0.3) is 0 Å². The first-order valence-electron chi connectivity index (χ1n) is 9.97. The summed E-state index contributed by atoms with van der Waals surface area (Å²) in [5.41, 5.74) is 3.68. The lowest BCUT2D eigenvalue weighted by Crippen LogP contribution is -2.13. The van der Waals surface area contributed by atoms with Gasteiger partial charge in [-0.15, -0.1) is 0 Å². The Labute approximate surface area is 171 Å². The standard InChI is InChI=1S/C23H26N4O2/c1-2-3-4-18-5-9-20(10-6-18)22(28)13-14-23(29)26-21-11-7-19(8-12-21)15-27-17-24-16-25-27/h5-12,16-17H,2-4,13-15H2,1H3,(H,26,29). The molecule has 0 aliphatic carbocycles. The van der Waals surface area contributed by atoms with Crippen molar-refractivity contribution in [1.29, 1.82) is 0 Å². The molecule has 29 heavy (non-hydrogen) atoms. The fourth-order valence-electron chi connectivity index (χ4n) is 3.03. The van der Waals surface area contributed by atoms with Gasteiger partial charge < -0.3 is 5.32 Å². The summed E-state index contributed by atoms with van der Waals surface area (Å²) in [6, 6.07) is 15.3. The van der Waals surface area contributed by atoms with Gasteiger partial charge in [-0.05, 0) is 36.1 Å². The number of rotatable bonds is 10. The Morgan fingerprint density at radius 2 is 1.69 bits per heavy atom. The minimum atomic E-state index is -0.165. The van der Waals surface area contributed by atoms with E-state index in [0.717, 1.165) is 24.8 Å². The van der Waals surface area contributed by atoms with Crippen LogP contribution in [0.1, 0.15) is 54.1 Å². The Morgan fingerprint density at radius 3 is 2.34 bits per heavy atom. The molecule has 0 aliphatic heterocycles. The van der Waals surface area contributed by atoms with Crippen molar-refractivity contribution in [1.82, 2.24) is 14.8 Å². The molecule has 0 atom stereocenters. The molecule has 6 heteroatoms. The number of anilines is 1. The van der Waals surface area contributed by atoms with Crippen LogP contribution in [0, 0.1) is 0 Å². The molecule has 3 rings (SSSR count). The third-order valence-corrected chi connectivity index (χ3v) is 4.72. The molecule has 0 saturated heterocycles. The van der Waals surface area contributed by atoms with E-state index in [9.17, 15) is 9.59 Å². The molecule has 6 nitrogen and oxygen atoms in total.